The largest absolute Gasteiger partial charge is 0.337 e. The molecule has 1 amide bonds. The summed E-state index contributed by atoms with van der Waals surface area (Å²) in [5, 5.41) is 7.54. The van der Waals surface area contributed by atoms with Crippen LogP contribution in [0.15, 0.2) is 30.5 Å². The SMILES string of the molecule is Cc1c(C(=O)N(C)C2CCNC2)cnn1-c1ccc(F)cc1.Cl. The zero-order chi connectivity index (χ0) is 15.7. The van der Waals surface area contributed by atoms with Crippen molar-refractivity contribution in [1.29, 1.82) is 0 Å². The third-order valence-electron chi connectivity index (χ3n) is 4.21. The van der Waals surface area contributed by atoms with Crippen LogP contribution in [0, 0.1) is 12.7 Å². The molecule has 1 saturated heterocycles. The number of amides is 1. The second-order valence-electron chi connectivity index (χ2n) is 5.59. The Hall–Kier alpha value is -1.92. The Morgan fingerprint density at radius 3 is 2.70 bits per heavy atom. The van der Waals surface area contributed by atoms with Crippen molar-refractivity contribution in [3.63, 3.8) is 0 Å². The maximum atomic E-state index is 13.0. The van der Waals surface area contributed by atoms with Crippen molar-refractivity contribution in [3.8, 4) is 5.69 Å². The molecule has 0 aliphatic carbocycles. The van der Waals surface area contributed by atoms with Crippen molar-refractivity contribution < 1.29 is 9.18 Å². The number of carbonyl (C=O) groups excluding carboxylic acids is 1. The summed E-state index contributed by atoms with van der Waals surface area (Å²) in [5.41, 5.74) is 2.08. The molecule has 124 valence electrons. The van der Waals surface area contributed by atoms with Crippen LogP contribution in [0.2, 0.25) is 0 Å². The van der Waals surface area contributed by atoms with E-state index in [2.05, 4.69) is 10.4 Å². The molecule has 0 saturated carbocycles. The van der Waals surface area contributed by atoms with E-state index in [4.69, 9.17) is 0 Å². The normalized spacial score (nSPS) is 16.9. The highest BCUT2D eigenvalue weighted by molar-refractivity contribution is 5.95. The maximum Gasteiger partial charge on any atom is 0.257 e. The number of hydrogen-bond acceptors (Lipinski definition) is 3. The Balaban J connectivity index is 0.00000192. The fourth-order valence-corrected chi connectivity index (χ4v) is 2.79. The van der Waals surface area contributed by atoms with E-state index in [0.717, 1.165) is 30.9 Å². The lowest BCUT2D eigenvalue weighted by Crippen LogP contribution is -2.38. The van der Waals surface area contributed by atoms with Crippen molar-refractivity contribution >= 4 is 18.3 Å². The van der Waals surface area contributed by atoms with Crippen molar-refractivity contribution in [2.45, 2.75) is 19.4 Å². The average molecular weight is 339 g/mol. The molecule has 1 aliphatic rings. The molecular formula is C16H20ClFN4O. The number of nitrogens with zero attached hydrogens (tertiary/aromatic N) is 3. The van der Waals surface area contributed by atoms with E-state index in [1.165, 1.54) is 12.1 Å². The highest BCUT2D eigenvalue weighted by Crippen LogP contribution is 2.18. The summed E-state index contributed by atoms with van der Waals surface area (Å²) in [6.45, 7) is 3.62. The van der Waals surface area contributed by atoms with Crippen LogP contribution in [-0.2, 0) is 0 Å². The van der Waals surface area contributed by atoms with Gasteiger partial charge in [-0.25, -0.2) is 9.07 Å². The van der Waals surface area contributed by atoms with E-state index in [9.17, 15) is 9.18 Å². The lowest BCUT2D eigenvalue weighted by atomic mass is 10.1. The van der Waals surface area contributed by atoms with Gasteiger partial charge in [-0.15, -0.1) is 12.4 Å². The first-order valence-electron chi connectivity index (χ1n) is 7.36. The van der Waals surface area contributed by atoms with Gasteiger partial charge in [0.15, 0.2) is 0 Å². The van der Waals surface area contributed by atoms with Gasteiger partial charge in [0.25, 0.3) is 5.91 Å². The summed E-state index contributed by atoms with van der Waals surface area (Å²) in [5.74, 6) is -0.321. The molecule has 1 N–H and O–H groups in total. The molecule has 1 aromatic heterocycles. The predicted molar refractivity (Wildman–Crippen MR) is 88.9 cm³/mol. The summed E-state index contributed by atoms with van der Waals surface area (Å²) >= 11 is 0. The Morgan fingerprint density at radius 1 is 1.39 bits per heavy atom. The van der Waals surface area contributed by atoms with Crippen LogP contribution in [0.5, 0.6) is 0 Å². The Labute approximate surface area is 140 Å². The van der Waals surface area contributed by atoms with Crippen LogP contribution in [-0.4, -0.2) is 46.8 Å². The molecule has 23 heavy (non-hydrogen) atoms. The molecule has 0 radical (unpaired) electrons. The predicted octanol–water partition coefficient (Wildman–Crippen LogP) is 2.18. The lowest BCUT2D eigenvalue weighted by molar-refractivity contribution is 0.0743. The highest BCUT2D eigenvalue weighted by Gasteiger charge is 2.26. The van der Waals surface area contributed by atoms with Gasteiger partial charge in [-0.3, -0.25) is 4.79 Å². The molecule has 5 nitrogen and oxygen atoms in total. The van der Waals surface area contributed by atoms with Gasteiger partial charge < -0.3 is 10.2 Å². The number of carbonyl (C=O) groups is 1. The number of likely N-dealkylation sites (N-methyl/N-ethyl adjacent to an activating group) is 1. The molecule has 1 aliphatic heterocycles. The van der Waals surface area contributed by atoms with E-state index >= 15 is 0 Å². The van der Waals surface area contributed by atoms with Gasteiger partial charge in [0.2, 0.25) is 0 Å². The van der Waals surface area contributed by atoms with Gasteiger partial charge >= 0.3 is 0 Å². The monoisotopic (exact) mass is 338 g/mol. The van der Waals surface area contributed by atoms with Crippen LogP contribution >= 0.6 is 12.4 Å². The van der Waals surface area contributed by atoms with Crippen molar-refractivity contribution in [1.82, 2.24) is 20.0 Å². The molecule has 2 aromatic rings. The van der Waals surface area contributed by atoms with Gasteiger partial charge in [0.05, 0.1) is 23.1 Å². The summed E-state index contributed by atoms with van der Waals surface area (Å²) in [6.07, 6.45) is 2.55. The first kappa shape index (κ1) is 17.4. The minimum Gasteiger partial charge on any atom is -0.337 e. The van der Waals surface area contributed by atoms with Gasteiger partial charge in [-0.05, 0) is 44.2 Å². The van der Waals surface area contributed by atoms with Crippen LogP contribution in [0.1, 0.15) is 22.5 Å². The zero-order valence-electron chi connectivity index (χ0n) is 13.1. The lowest BCUT2D eigenvalue weighted by Gasteiger charge is -2.23. The Morgan fingerprint density at radius 2 is 2.09 bits per heavy atom. The summed E-state index contributed by atoms with van der Waals surface area (Å²) in [7, 11) is 1.83. The summed E-state index contributed by atoms with van der Waals surface area (Å²) in [4.78, 5) is 14.4. The van der Waals surface area contributed by atoms with E-state index in [0.29, 0.717) is 5.56 Å². The second kappa shape index (κ2) is 7.10. The van der Waals surface area contributed by atoms with Crippen molar-refractivity contribution in [2.24, 2.45) is 0 Å². The molecule has 2 heterocycles. The van der Waals surface area contributed by atoms with Crippen molar-refractivity contribution in [2.75, 3.05) is 20.1 Å². The number of hydrogen-bond donors (Lipinski definition) is 1. The molecule has 1 unspecified atom stereocenters. The van der Waals surface area contributed by atoms with Crippen LogP contribution in [0.25, 0.3) is 5.69 Å². The molecule has 0 spiro atoms. The minimum atomic E-state index is -0.293. The smallest absolute Gasteiger partial charge is 0.257 e. The van der Waals surface area contributed by atoms with E-state index in [1.807, 2.05) is 14.0 Å². The van der Waals surface area contributed by atoms with E-state index in [1.54, 1.807) is 27.9 Å². The molecule has 0 bridgehead atoms. The third kappa shape index (κ3) is 3.38. The number of benzene rings is 1. The average Bonchev–Trinajstić information content (AvgIpc) is 3.16. The van der Waals surface area contributed by atoms with Crippen LogP contribution in [0.4, 0.5) is 4.39 Å². The van der Waals surface area contributed by atoms with Crippen molar-refractivity contribution in [3.05, 3.63) is 47.5 Å². The van der Waals surface area contributed by atoms with Gasteiger partial charge in [0.1, 0.15) is 5.82 Å². The van der Waals surface area contributed by atoms with E-state index < -0.39 is 0 Å². The maximum absolute atomic E-state index is 13.0. The molecule has 1 fully saturated rings. The molecular weight excluding hydrogens is 319 g/mol. The number of nitrogens with one attached hydrogen (secondary N) is 1. The number of halogens is 2. The summed E-state index contributed by atoms with van der Waals surface area (Å²) in [6, 6.07) is 6.28. The molecule has 7 heteroatoms. The fraction of sp³-hybridized carbons (Fsp3) is 0.375. The van der Waals surface area contributed by atoms with Crippen LogP contribution in [0.3, 0.4) is 0 Å². The zero-order valence-corrected chi connectivity index (χ0v) is 13.9. The fourth-order valence-electron chi connectivity index (χ4n) is 2.79. The minimum absolute atomic E-state index is 0. The quantitative estimate of drug-likeness (QED) is 0.933. The van der Waals surface area contributed by atoms with Gasteiger partial charge in [-0.2, -0.15) is 5.10 Å². The number of rotatable bonds is 3. The Bertz CT molecular complexity index is 680. The van der Waals surface area contributed by atoms with Gasteiger partial charge in [-0.1, -0.05) is 0 Å². The topological polar surface area (TPSA) is 50.2 Å². The molecule has 1 atom stereocenters. The standard InChI is InChI=1S/C16H19FN4O.ClH/c1-11-15(16(22)20(2)14-7-8-18-9-14)10-19-21(11)13-5-3-12(17)4-6-13;/h3-6,10,14,18H,7-9H2,1-2H3;1H. The van der Waals surface area contributed by atoms with E-state index in [-0.39, 0.29) is 30.2 Å². The summed E-state index contributed by atoms with van der Waals surface area (Å²) < 4.78 is 14.7. The van der Waals surface area contributed by atoms with Gasteiger partial charge in [0, 0.05) is 19.6 Å². The first-order valence-corrected chi connectivity index (χ1v) is 7.36. The highest BCUT2D eigenvalue weighted by atomic mass is 35.5. The van der Waals surface area contributed by atoms with Crippen LogP contribution < -0.4 is 5.32 Å². The molecule has 1 aromatic carbocycles. The third-order valence-corrected chi connectivity index (χ3v) is 4.21. The number of aromatic nitrogens is 2. The first-order chi connectivity index (χ1) is 10.6. The Kier molecular flexibility index (Phi) is 5.38. The second-order valence-corrected chi connectivity index (χ2v) is 5.59. The molecule has 3 rings (SSSR count).